The second-order valence-corrected chi connectivity index (χ2v) is 3.38. The van der Waals surface area contributed by atoms with Gasteiger partial charge in [0.05, 0.1) is 0 Å². The number of hydrogen-bond acceptors (Lipinski definition) is 1. The molecule has 0 aromatic carbocycles. The molecule has 1 aliphatic rings. The van der Waals surface area contributed by atoms with Crippen molar-refractivity contribution in [2.45, 2.75) is 44.2 Å². The van der Waals surface area contributed by atoms with Gasteiger partial charge in [-0.05, 0) is 19.8 Å². The van der Waals surface area contributed by atoms with Gasteiger partial charge < -0.3 is 0 Å². The molecule has 0 unspecified atom stereocenters. The molecular weight excluding hydrogens is 169 g/mol. The Kier molecular flexibility index (Phi) is 2.19. The number of ketones is 1. The summed E-state index contributed by atoms with van der Waals surface area (Å²) < 4.78 is 38.4. The number of Topliss-reactive ketones (excluding diaryl/α,β-unsaturated/α-hetero) is 1. The van der Waals surface area contributed by atoms with Crippen LogP contribution in [-0.2, 0) is 4.79 Å². The molecule has 0 radical (unpaired) electrons. The average molecular weight is 180 g/mol. The highest BCUT2D eigenvalue weighted by Crippen LogP contribution is 2.40. The van der Waals surface area contributed by atoms with Gasteiger partial charge in [-0.1, -0.05) is 0 Å². The van der Waals surface area contributed by atoms with Crippen LogP contribution >= 0.6 is 0 Å². The summed E-state index contributed by atoms with van der Waals surface area (Å²) in [5.74, 6) is -3.40. The lowest BCUT2D eigenvalue weighted by molar-refractivity contribution is -0.137. The van der Waals surface area contributed by atoms with E-state index >= 15 is 0 Å². The molecule has 0 bridgehead atoms. The summed E-state index contributed by atoms with van der Waals surface area (Å²) in [5.41, 5.74) is -1.98. The van der Waals surface area contributed by atoms with E-state index in [1.165, 1.54) is 0 Å². The monoisotopic (exact) mass is 180 g/mol. The molecule has 0 atom stereocenters. The molecule has 0 saturated heterocycles. The second-order valence-electron chi connectivity index (χ2n) is 3.38. The number of carbonyl (C=O) groups is 1. The maximum absolute atomic E-state index is 13.4. The zero-order valence-electron chi connectivity index (χ0n) is 6.87. The molecule has 70 valence electrons. The first-order valence-corrected chi connectivity index (χ1v) is 3.94. The highest BCUT2D eigenvalue weighted by Gasteiger charge is 2.46. The first-order chi connectivity index (χ1) is 5.36. The lowest BCUT2D eigenvalue weighted by Gasteiger charge is -2.31. The van der Waals surface area contributed by atoms with Gasteiger partial charge in [0.2, 0.25) is 5.92 Å². The second kappa shape index (κ2) is 2.75. The number of halogens is 3. The first-order valence-electron chi connectivity index (χ1n) is 3.94. The van der Waals surface area contributed by atoms with Gasteiger partial charge in [-0.3, -0.25) is 4.79 Å². The van der Waals surface area contributed by atoms with E-state index in [0.29, 0.717) is 0 Å². The van der Waals surface area contributed by atoms with E-state index in [1.54, 1.807) is 0 Å². The van der Waals surface area contributed by atoms with E-state index in [-0.39, 0.29) is 12.8 Å². The molecule has 1 fully saturated rings. The smallest absolute Gasteiger partial charge is 0.248 e. The standard InChI is InChI=1S/C8H11F3O/c1-6(12)7(9)2-4-8(10,11)5-3-7/h2-5H2,1H3. The topological polar surface area (TPSA) is 17.1 Å². The van der Waals surface area contributed by atoms with Crippen molar-refractivity contribution < 1.29 is 18.0 Å². The van der Waals surface area contributed by atoms with Crippen molar-refractivity contribution >= 4 is 5.78 Å². The summed E-state index contributed by atoms with van der Waals surface area (Å²) in [4.78, 5) is 10.7. The maximum atomic E-state index is 13.4. The van der Waals surface area contributed by atoms with Crippen LogP contribution in [0.5, 0.6) is 0 Å². The van der Waals surface area contributed by atoms with Gasteiger partial charge >= 0.3 is 0 Å². The molecule has 0 spiro atoms. The van der Waals surface area contributed by atoms with Crippen molar-refractivity contribution in [2.24, 2.45) is 0 Å². The average Bonchev–Trinajstić information content (AvgIpc) is 1.96. The summed E-state index contributed by atoms with van der Waals surface area (Å²) in [7, 11) is 0. The Morgan fingerprint density at radius 1 is 1.08 bits per heavy atom. The summed E-state index contributed by atoms with van der Waals surface area (Å²) in [6, 6.07) is 0. The molecule has 1 rings (SSSR count). The van der Waals surface area contributed by atoms with Crippen molar-refractivity contribution in [2.75, 3.05) is 0 Å². The molecule has 1 aliphatic carbocycles. The van der Waals surface area contributed by atoms with Crippen LogP contribution in [0, 0.1) is 0 Å². The van der Waals surface area contributed by atoms with Crippen LogP contribution in [0.3, 0.4) is 0 Å². The van der Waals surface area contributed by atoms with Gasteiger partial charge in [0.1, 0.15) is 0 Å². The van der Waals surface area contributed by atoms with Gasteiger partial charge in [0.25, 0.3) is 0 Å². The molecule has 12 heavy (non-hydrogen) atoms. The van der Waals surface area contributed by atoms with Crippen LogP contribution < -0.4 is 0 Å². The van der Waals surface area contributed by atoms with E-state index in [0.717, 1.165) is 6.92 Å². The summed E-state index contributed by atoms with van der Waals surface area (Å²) >= 11 is 0. The van der Waals surface area contributed by atoms with Gasteiger partial charge in [-0.25, -0.2) is 13.2 Å². The van der Waals surface area contributed by atoms with Crippen LogP contribution in [0.2, 0.25) is 0 Å². The zero-order valence-corrected chi connectivity index (χ0v) is 6.87. The Morgan fingerprint density at radius 2 is 1.50 bits per heavy atom. The maximum Gasteiger partial charge on any atom is 0.248 e. The van der Waals surface area contributed by atoms with Crippen molar-refractivity contribution in [3.8, 4) is 0 Å². The normalized spacial score (nSPS) is 26.7. The van der Waals surface area contributed by atoms with Gasteiger partial charge in [-0.2, -0.15) is 0 Å². The van der Waals surface area contributed by atoms with Crippen LogP contribution in [0.25, 0.3) is 0 Å². The van der Waals surface area contributed by atoms with E-state index in [4.69, 9.17) is 0 Å². The lowest BCUT2D eigenvalue weighted by Crippen LogP contribution is -2.40. The Balaban J connectivity index is 2.62. The summed E-state index contributed by atoms with van der Waals surface area (Å²) in [6.07, 6.45) is -1.70. The fraction of sp³-hybridized carbons (Fsp3) is 0.875. The SMILES string of the molecule is CC(=O)C1(F)CCC(F)(F)CC1. The van der Waals surface area contributed by atoms with Gasteiger partial charge in [0, 0.05) is 12.8 Å². The molecule has 0 heterocycles. The van der Waals surface area contributed by atoms with E-state index in [1.807, 2.05) is 0 Å². The predicted molar refractivity (Wildman–Crippen MR) is 37.9 cm³/mol. The lowest BCUT2D eigenvalue weighted by atomic mass is 9.82. The Morgan fingerprint density at radius 3 is 1.83 bits per heavy atom. The van der Waals surface area contributed by atoms with Crippen LogP contribution in [0.4, 0.5) is 13.2 Å². The fourth-order valence-electron chi connectivity index (χ4n) is 1.36. The molecular formula is C8H11F3O. The van der Waals surface area contributed by atoms with Crippen molar-refractivity contribution in [3.05, 3.63) is 0 Å². The quantitative estimate of drug-likeness (QED) is 0.605. The number of alkyl halides is 3. The molecule has 1 nitrogen and oxygen atoms in total. The highest BCUT2D eigenvalue weighted by atomic mass is 19.3. The molecule has 0 aromatic heterocycles. The first kappa shape index (κ1) is 9.55. The van der Waals surface area contributed by atoms with E-state index in [9.17, 15) is 18.0 Å². The third kappa shape index (κ3) is 1.79. The van der Waals surface area contributed by atoms with Gasteiger partial charge in [0.15, 0.2) is 11.5 Å². The molecule has 0 aliphatic heterocycles. The van der Waals surface area contributed by atoms with Crippen molar-refractivity contribution in [1.29, 1.82) is 0 Å². The minimum absolute atomic E-state index is 0.338. The molecule has 1 saturated carbocycles. The van der Waals surface area contributed by atoms with Crippen molar-refractivity contribution in [3.63, 3.8) is 0 Å². The van der Waals surface area contributed by atoms with Crippen molar-refractivity contribution in [1.82, 2.24) is 0 Å². The Labute approximate surface area is 68.9 Å². The van der Waals surface area contributed by atoms with Crippen LogP contribution in [0.15, 0.2) is 0 Å². The summed E-state index contributed by atoms with van der Waals surface area (Å²) in [5, 5.41) is 0. The number of carbonyl (C=O) groups excluding carboxylic acids is 1. The molecule has 4 heteroatoms. The number of hydrogen-bond donors (Lipinski definition) is 0. The van der Waals surface area contributed by atoms with Crippen LogP contribution in [0.1, 0.15) is 32.6 Å². The highest BCUT2D eigenvalue weighted by molar-refractivity contribution is 5.84. The minimum atomic E-state index is -2.77. The largest absolute Gasteiger partial charge is 0.296 e. The third-order valence-corrected chi connectivity index (χ3v) is 2.41. The Hall–Kier alpha value is -0.540. The molecule has 0 N–H and O–H groups in total. The molecule has 0 amide bonds. The van der Waals surface area contributed by atoms with E-state index in [2.05, 4.69) is 0 Å². The third-order valence-electron chi connectivity index (χ3n) is 2.41. The zero-order chi connectivity index (χ0) is 9.41. The van der Waals surface area contributed by atoms with E-state index < -0.39 is 30.2 Å². The predicted octanol–water partition coefficient (Wildman–Crippen LogP) is 2.49. The number of rotatable bonds is 1. The minimum Gasteiger partial charge on any atom is -0.296 e. The molecule has 0 aromatic rings. The fourth-order valence-corrected chi connectivity index (χ4v) is 1.36. The summed E-state index contributed by atoms with van der Waals surface area (Å²) in [6.45, 7) is 1.11. The van der Waals surface area contributed by atoms with Gasteiger partial charge in [-0.15, -0.1) is 0 Å². The van der Waals surface area contributed by atoms with Crippen LogP contribution in [-0.4, -0.2) is 17.4 Å². The Bertz CT molecular complexity index is 190.